The molecule has 0 aromatic rings. The molecule has 0 saturated carbocycles. The number of aliphatic hydroxyl groups is 1. The van der Waals surface area contributed by atoms with Gasteiger partial charge in [0.25, 0.3) is 0 Å². The summed E-state index contributed by atoms with van der Waals surface area (Å²) in [4.78, 5) is 2.20. The van der Waals surface area contributed by atoms with Crippen LogP contribution in [0.2, 0.25) is 0 Å². The van der Waals surface area contributed by atoms with Gasteiger partial charge in [-0.1, -0.05) is 6.92 Å². The van der Waals surface area contributed by atoms with E-state index in [2.05, 4.69) is 18.7 Å². The summed E-state index contributed by atoms with van der Waals surface area (Å²) in [6, 6.07) is 0. The Balaban J connectivity index is 2.64. The van der Waals surface area contributed by atoms with Gasteiger partial charge in [-0.3, -0.25) is 4.90 Å². The molecule has 4 nitrogen and oxygen atoms in total. The van der Waals surface area contributed by atoms with Gasteiger partial charge in [0.2, 0.25) is 0 Å². The van der Waals surface area contributed by atoms with Gasteiger partial charge >= 0.3 is 0 Å². The molecule has 1 N–H and O–H groups in total. The Morgan fingerprint density at radius 1 is 1.33 bits per heavy atom. The van der Waals surface area contributed by atoms with Gasteiger partial charge in [-0.2, -0.15) is 0 Å². The molecule has 0 aromatic carbocycles. The smallest absolute Gasteiger partial charge is 0.152 e. The normalized spacial score (nSPS) is 26.1. The van der Waals surface area contributed by atoms with Crippen LogP contribution < -0.4 is 0 Å². The maximum atomic E-state index is 11.3. The van der Waals surface area contributed by atoms with Crippen LogP contribution in [0, 0.1) is 0 Å². The highest BCUT2D eigenvalue weighted by Crippen LogP contribution is 2.25. The molecule has 1 aliphatic heterocycles. The summed E-state index contributed by atoms with van der Waals surface area (Å²) >= 11 is 0. The average molecular weight is 235 g/mol. The summed E-state index contributed by atoms with van der Waals surface area (Å²) in [5, 5.41) is 9.02. The van der Waals surface area contributed by atoms with Crippen LogP contribution in [0.25, 0.3) is 0 Å². The van der Waals surface area contributed by atoms with Crippen LogP contribution in [0.5, 0.6) is 0 Å². The lowest BCUT2D eigenvalue weighted by Gasteiger charge is -2.42. The number of aliphatic hydroxyl groups excluding tert-OH is 1. The average Bonchev–Trinajstić information content (AvgIpc) is 2.17. The van der Waals surface area contributed by atoms with Crippen molar-refractivity contribution in [3.63, 3.8) is 0 Å². The first kappa shape index (κ1) is 12.9. The van der Waals surface area contributed by atoms with Gasteiger partial charge < -0.3 is 5.11 Å². The number of nitrogens with zero attached hydrogens (tertiary/aromatic N) is 1. The number of hydrogen-bond acceptors (Lipinski definition) is 4. The van der Waals surface area contributed by atoms with Crippen molar-refractivity contribution in [3.8, 4) is 0 Å². The van der Waals surface area contributed by atoms with Gasteiger partial charge in [0, 0.05) is 25.2 Å². The molecule has 0 aliphatic carbocycles. The summed E-state index contributed by atoms with van der Waals surface area (Å²) in [6.45, 7) is 5.55. The fourth-order valence-corrected chi connectivity index (χ4v) is 3.25. The third-order valence-electron chi connectivity index (χ3n) is 3.52. The summed E-state index contributed by atoms with van der Waals surface area (Å²) in [5.41, 5.74) is -0.0509. The lowest BCUT2D eigenvalue weighted by Crippen LogP contribution is -2.53. The number of rotatable bonds is 4. The van der Waals surface area contributed by atoms with Gasteiger partial charge in [0.05, 0.1) is 11.5 Å². The molecule has 0 bridgehead atoms. The van der Waals surface area contributed by atoms with Gasteiger partial charge in [-0.15, -0.1) is 0 Å². The molecule has 0 amide bonds. The molecule has 15 heavy (non-hydrogen) atoms. The molecule has 1 heterocycles. The maximum Gasteiger partial charge on any atom is 0.152 e. The second kappa shape index (κ2) is 4.80. The zero-order valence-electron chi connectivity index (χ0n) is 9.57. The molecule has 1 unspecified atom stereocenters. The van der Waals surface area contributed by atoms with E-state index in [1.807, 2.05) is 0 Å². The first-order valence-electron chi connectivity index (χ1n) is 5.50. The Morgan fingerprint density at radius 3 is 2.27 bits per heavy atom. The predicted molar refractivity (Wildman–Crippen MR) is 60.6 cm³/mol. The molecular weight excluding hydrogens is 214 g/mol. The van der Waals surface area contributed by atoms with Crippen molar-refractivity contribution in [2.24, 2.45) is 0 Å². The standard InChI is InChI=1S/C10H21NO3S/c1-3-10(2,4-7-12)11-5-8-15(13,14)9-6-11/h12H,3-9H2,1-2H3. The van der Waals surface area contributed by atoms with E-state index in [9.17, 15) is 8.42 Å². The van der Waals surface area contributed by atoms with Crippen LogP contribution in [0.15, 0.2) is 0 Å². The second-order valence-corrected chi connectivity index (χ2v) is 6.77. The van der Waals surface area contributed by atoms with Crippen molar-refractivity contribution in [2.45, 2.75) is 32.2 Å². The molecule has 1 aliphatic rings. The van der Waals surface area contributed by atoms with E-state index >= 15 is 0 Å². The predicted octanol–water partition coefficient (Wildman–Crippen LogP) is 0.268. The van der Waals surface area contributed by atoms with Crippen LogP contribution in [-0.4, -0.2) is 55.2 Å². The molecule has 0 radical (unpaired) electrons. The van der Waals surface area contributed by atoms with E-state index in [0.717, 1.165) is 6.42 Å². The van der Waals surface area contributed by atoms with E-state index in [1.165, 1.54) is 0 Å². The molecule has 90 valence electrons. The quantitative estimate of drug-likeness (QED) is 0.760. The zero-order chi connectivity index (χ0) is 11.5. The number of sulfone groups is 1. The van der Waals surface area contributed by atoms with E-state index in [4.69, 9.17) is 5.11 Å². The first-order chi connectivity index (χ1) is 6.93. The fourth-order valence-electron chi connectivity index (χ4n) is 2.05. The van der Waals surface area contributed by atoms with Crippen LogP contribution in [-0.2, 0) is 9.84 Å². The van der Waals surface area contributed by atoms with Gasteiger partial charge in [-0.05, 0) is 19.8 Å². The minimum atomic E-state index is -2.80. The van der Waals surface area contributed by atoms with Gasteiger partial charge in [0.15, 0.2) is 9.84 Å². The molecular formula is C10H21NO3S. The molecule has 0 spiro atoms. The lowest BCUT2D eigenvalue weighted by atomic mass is 9.92. The van der Waals surface area contributed by atoms with Crippen LogP contribution in [0.1, 0.15) is 26.7 Å². The summed E-state index contributed by atoms with van der Waals surface area (Å²) < 4.78 is 22.6. The van der Waals surface area contributed by atoms with E-state index in [-0.39, 0.29) is 23.7 Å². The summed E-state index contributed by atoms with van der Waals surface area (Å²) in [5.74, 6) is 0.516. The summed E-state index contributed by atoms with van der Waals surface area (Å²) in [6.07, 6.45) is 1.65. The highest BCUT2D eigenvalue weighted by Gasteiger charge is 2.33. The Hall–Kier alpha value is -0.130. The van der Waals surface area contributed by atoms with E-state index in [0.29, 0.717) is 19.5 Å². The van der Waals surface area contributed by atoms with Crippen LogP contribution in [0.4, 0.5) is 0 Å². The molecule has 0 aromatic heterocycles. The van der Waals surface area contributed by atoms with Crippen LogP contribution >= 0.6 is 0 Å². The third kappa shape index (κ3) is 3.16. The highest BCUT2D eigenvalue weighted by molar-refractivity contribution is 7.91. The molecule has 1 atom stereocenters. The Morgan fingerprint density at radius 2 is 1.87 bits per heavy atom. The summed E-state index contributed by atoms with van der Waals surface area (Å²) in [7, 11) is -2.80. The van der Waals surface area contributed by atoms with Crippen molar-refractivity contribution in [3.05, 3.63) is 0 Å². The van der Waals surface area contributed by atoms with Crippen molar-refractivity contribution in [1.29, 1.82) is 0 Å². The monoisotopic (exact) mass is 235 g/mol. The topological polar surface area (TPSA) is 57.6 Å². The van der Waals surface area contributed by atoms with Crippen molar-refractivity contribution in [2.75, 3.05) is 31.2 Å². The Bertz CT molecular complexity index is 288. The van der Waals surface area contributed by atoms with E-state index in [1.54, 1.807) is 0 Å². The fraction of sp³-hybridized carbons (Fsp3) is 1.00. The van der Waals surface area contributed by atoms with Crippen molar-refractivity contribution in [1.82, 2.24) is 4.90 Å². The largest absolute Gasteiger partial charge is 0.396 e. The van der Waals surface area contributed by atoms with Gasteiger partial charge in [0.1, 0.15) is 0 Å². The van der Waals surface area contributed by atoms with Crippen molar-refractivity contribution < 1.29 is 13.5 Å². The van der Waals surface area contributed by atoms with Gasteiger partial charge in [-0.25, -0.2) is 8.42 Å². The molecule has 1 fully saturated rings. The zero-order valence-corrected chi connectivity index (χ0v) is 10.4. The highest BCUT2D eigenvalue weighted by atomic mass is 32.2. The van der Waals surface area contributed by atoms with Crippen LogP contribution in [0.3, 0.4) is 0 Å². The Kier molecular flexibility index (Phi) is 4.14. The van der Waals surface area contributed by atoms with Crippen molar-refractivity contribution >= 4 is 9.84 Å². The minimum Gasteiger partial charge on any atom is -0.396 e. The SMILES string of the molecule is CCC(C)(CCO)N1CCS(=O)(=O)CC1. The second-order valence-electron chi connectivity index (χ2n) is 4.46. The van der Waals surface area contributed by atoms with E-state index < -0.39 is 9.84 Å². The lowest BCUT2D eigenvalue weighted by molar-refractivity contribution is 0.0791. The number of hydrogen-bond donors (Lipinski definition) is 1. The third-order valence-corrected chi connectivity index (χ3v) is 5.13. The maximum absolute atomic E-state index is 11.3. The molecule has 1 rings (SSSR count). The minimum absolute atomic E-state index is 0.0509. The Labute approximate surface area is 92.2 Å². The molecule has 1 saturated heterocycles. The first-order valence-corrected chi connectivity index (χ1v) is 7.32. The molecule has 5 heteroatoms.